The van der Waals surface area contributed by atoms with Crippen molar-refractivity contribution in [1.29, 1.82) is 0 Å². The highest BCUT2D eigenvalue weighted by Crippen LogP contribution is 2.26. The molecule has 0 aliphatic heterocycles. The summed E-state index contributed by atoms with van der Waals surface area (Å²) in [6.07, 6.45) is 0. The lowest BCUT2D eigenvalue weighted by molar-refractivity contribution is 0.0995. The molecule has 1 aromatic rings. The third-order valence-electron chi connectivity index (χ3n) is 1.71. The molecule has 7 heteroatoms. The van der Waals surface area contributed by atoms with E-state index in [4.69, 9.17) is 18.7 Å². The maximum atomic E-state index is 13.0. The van der Waals surface area contributed by atoms with E-state index in [1.807, 2.05) is 0 Å². The number of primary amides is 1. The minimum atomic E-state index is -1.74. The normalized spacial score (nSPS) is 10.0. The number of benzene rings is 1. The highest BCUT2D eigenvalue weighted by atomic mass is 19.2. The molecule has 76 valence electrons. The molecule has 2 radical (unpaired) electrons. The number of phenolic OH excluding ortho intramolecular Hbond substituents is 1. The lowest BCUT2D eigenvalue weighted by Gasteiger charge is -2.06. The Balaban J connectivity index is 3.59. The molecule has 0 fully saturated rings. The Kier molecular flexibility index (Phi) is 2.74. The van der Waals surface area contributed by atoms with Gasteiger partial charge in [-0.05, 0) is 6.07 Å². The molecule has 0 aliphatic carbocycles. The van der Waals surface area contributed by atoms with E-state index in [0.29, 0.717) is 6.07 Å². The summed E-state index contributed by atoms with van der Waals surface area (Å²) in [5.41, 5.74) is 1.97. The number of rotatable bonds is 2. The molecule has 0 aliphatic rings. The van der Waals surface area contributed by atoms with E-state index in [0.717, 1.165) is 0 Å². The van der Waals surface area contributed by atoms with Crippen LogP contribution in [0.25, 0.3) is 0 Å². The molecule has 1 aromatic carbocycles. The minimum absolute atomic E-state index is 0.596. The quantitative estimate of drug-likeness (QED) is 0.679. The molecule has 1 amide bonds. The summed E-state index contributed by atoms with van der Waals surface area (Å²) in [7, 11) is 4.76. The second-order valence-electron chi connectivity index (χ2n) is 2.68. The Bertz CT molecular complexity index is 423. The molecular formula is C8H4BF2NO3. The number of hydrogen-bond donors (Lipinski definition) is 2. The number of hydrogen-bond acceptors (Lipinski definition) is 3. The van der Waals surface area contributed by atoms with Crippen molar-refractivity contribution in [3.63, 3.8) is 0 Å². The van der Waals surface area contributed by atoms with Gasteiger partial charge in [0, 0.05) is 0 Å². The predicted octanol–water partition coefficient (Wildman–Crippen LogP) is 0.0780. The number of carbonyl (C=O) groups is 2. The SMILES string of the molecule is [B]C(=O)c1cc(C(N)=O)c(F)c(F)c1O. The van der Waals surface area contributed by atoms with Crippen LogP contribution in [0.1, 0.15) is 20.7 Å². The molecule has 3 N–H and O–H groups in total. The second kappa shape index (κ2) is 3.68. The van der Waals surface area contributed by atoms with Crippen molar-refractivity contribution in [1.82, 2.24) is 0 Å². The molecule has 0 saturated carbocycles. The first-order valence-electron chi connectivity index (χ1n) is 3.66. The molecule has 0 spiro atoms. The molecule has 0 bridgehead atoms. The maximum Gasteiger partial charge on any atom is 0.251 e. The maximum absolute atomic E-state index is 13.0. The zero-order chi connectivity index (χ0) is 11.7. The van der Waals surface area contributed by atoms with Crippen molar-refractivity contribution >= 4 is 19.4 Å². The highest BCUT2D eigenvalue weighted by Gasteiger charge is 2.22. The molecular weight excluding hydrogens is 207 g/mol. The average molecular weight is 211 g/mol. The van der Waals surface area contributed by atoms with E-state index in [1.165, 1.54) is 0 Å². The van der Waals surface area contributed by atoms with Crippen LogP contribution in [0.5, 0.6) is 5.75 Å². The number of halogens is 2. The molecule has 1 rings (SSSR count). The van der Waals surface area contributed by atoms with Crippen molar-refractivity contribution in [3.8, 4) is 5.75 Å². The number of aromatic hydroxyl groups is 1. The van der Waals surface area contributed by atoms with Crippen LogP contribution >= 0.6 is 0 Å². The Morgan fingerprint density at radius 3 is 2.20 bits per heavy atom. The van der Waals surface area contributed by atoms with Gasteiger partial charge in [0.2, 0.25) is 5.82 Å². The summed E-state index contributed by atoms with van der Waals surface area (Å²) in [5.74, 6) is -5.87. The van der Waals surface area contributed by atoms with Gasteiger partial charge in [0.1, 0.15) is 5.68 Å². The zero-order valence-corrected chi connectivity index (χ0v) is 7.25. The Morgan fingerprint density at radius 2 is 1.80 bits per heavy atom. The first-order valence-corrected chi connectivity index (χ1v) is 3.66. The fourth-order valence-electron chi connectivity index (χ4n) is 0.984. The van der Waals surface area contributed by atoms with Crippen LogP contribution in [0.3, 0.4) is 0 Å². The lowest BCUT2D eigenvalue weighted by Crippen LogP contribution is -2.16. The minimum Gasteiger partial charge on any atom is -0.504 e. The largest absolute Gasteiger partial charge is 0.504 e. The van der Waals surface area contributed by atoms with E-state index in [9.17, 15) is 18.4 Å². The van der Waals surface area contributed by atoms with E-state index in [1.54, 1.807) is 0 Å². The van der Waals surface area contributed by atoms with Crippen molar-refractivity contribution in [2.24, 2.45) is 5.73 Å². The van der Waals surface area contributed by atoms with E-state index < -0.39 is 40.1 Å². The van der Waals surface area contributed by atoms with Gasteiger partial charge >= 0.3 is 0 Å². The standard InChI is InChI=1S/C8H4BF2NO3/c9-7(14)3-1-2(8(12)15)4(10)5(11)6(3)13/h1,13H,(H2,12,15). The van der Waals surface area contributed by atoms with E-state index >= 15 is 0 Å². The predicted molar refractivity (Wildman–Crippen MR) is 46.6 cm³/mol. The Morgan fingerprint density at radius 1 is 1.27 bits per heavy atom. The summed E-state index contributed by atoms with van der Waals surface area (Å²) < 4.78 is 25.9. The lowest BCUT2D eigenvalue weighted by atomic mass is 9.92. The first-order chi connectivity index (χ1) is 6.86. The second-order valence-corrected chi connectivity index (χ2v) is 2.68. The number of amides is 1. The van der Waals surface area contributed by atoms with Gasteiger partial charge in [0.15, 0.2) is 19.4 Å². The zero-order valence-electron chi connectivity index (χ0n) is 7.25. The van der Waals surface area contributed by atoms with Crippen LogP contribution in [0.4, 0.5) is 8.78 Å². The van der Waals surface area contributed by atoms with Crippen LogP contribution in [0.15, 0.2) is 6.07 Å². The van der Waals surface area contributed by atoms with E-state index in [-0.39, 0.29) is 0 Å². The van der Waals surface area contributed by atoms with Crippen molar-refractivity contribution < 1.29 is 23.5 Å². The molecule has 15 heavy (non-hydrogen) atoms. The Hall–Kier alpha value is -1.92. The smallest absolute Gasteiger partial charge is 0.251 e. The van der Waals surface area contributed by atoms with Crippen LogP contribution in [0.2, 0.25) is 0 Å². The first kappa shape index (κ1) is 11.2. The van der Waals surface area contributed by atoms with Gasteiger partial charge in [-0.3, -0.25) is 4.79 Å². The summed E-state index contributed by atoms with van der Waals surface area (Å²) in [6, 6.07) is 0.596. The van der Waals surface area contributed by atoms with Crippen molar-refractivity contribution in [2.75, 3.05) is 0 Å². The van der Waals surface area contributed by atoms with Crippen LogP contribution < -0.4 is 5.73 Å². The molecule has 0 heterocycles. The number of nitrogens with two attached hydrogens (primary N) is 1. The number of carbonyl (C=O) groups excluding carboxylic acids is 2. The van der Waals surface area contributed by atoms with E-state index in [2.05, 4.69) is 0 Å². The Labute approximate surface area is 84.1 Å². The highest BCUT2D eigenvalue weighted by molar-refractivity contribution is 6.62. The summed E-state index contributed by atoms with van der Waals surface area (Å²) in [6.45, 7) is 0. The summed E-state index contributed by atoms with van der Waals surface area (Å²) >= 11 is 0. The third kappa shape index (κ3) is 1.81. The fourth-order valence-corrected chi connectivity index (χ4v) is 0.984. The van der Waals surface area contributed by atoms with Crippen molar-refractivity contribution in [3.05, 3.63) is 28.8 Å². The molecule has 4 nitrogen and oxygen atoms in total. The van der Waals surface area contributed by atoms with Gasteiger partial charge in [-0.2, -0.15) is 4.39 Å². The third-order valence-corrected chi connectivity index (χ3v) is 1.71. The summed E-state index contributed by atoms with van der Waals surface area (Å²) in [4.78, 5) is 21.3. The molecule has 0 unspecified atom stereocenters. The van der Waals surface area contributed by atoms with Gasteiger partial charge in [-0.1, -0.05) is 0 Å². The monoisotopic (exact) mass is 211 g/mol. The van der Waals surface area contributed by atoms with Crippen molar-refractivity contribution in [2.45, 2.75) is 0 Å². The summed E-state index contributed by atoms with van der Waals surface area (Å²) in [5, 5.41) is 8.99. The molecule has 0 aromatic heterocycles. The van der Waals surface area contributed by atoms with Gasteiger partial charge in [0.05, 0.1) is 11.1 Å². The van der Waals surface area contributed by atoms with Crippen LogP contribution in [-0.4, -0.2) is 24.5 Å². The van der Waals surface area contributed by atoms with Crippen LogP contribution in [0, 0.1) is 11.6 Å². The molecule has 0 saturated heterocycles. The topological polar surface area (TPSA) is 80.4 Å². The molecule has 0 atom stereocenters. The fraction of sp³-hybridized carbons (Fsp3) is 0. The average Bonchev–Trinajstić information content (AvgIpc) is 2.13. The van der Waals surface area contributed by atoms with Crippen LogP contribution in [-0.2, 0) is 0 Å². The van der Waals surface area contributed by atoms with Gasteiger partial charge in [-0.25, -0.2) is 4.39 Å². The van der Waals surface area contributed by atoms with Gasteiger partial charge in [-0.15, -0.1) is 0 Å². The van der Waals surface area contributed by atoms with Gasteiger partial charge in [0.25, 0.3) is 5.91 Å². The van der Waals surface area contributed by atoms with Gasteiger partial charge < -0.3 is 15.6 Å². The number of phenols is 1.